The number of hydrogen-bond acceptors (Lipinski definition) is 6. The maximum atomic E-state index is 12.5. The molecule has 0 saturated carbocycles. The maximum Gasteiger partial charge on any atom is 0.408 e. The molecule has 0 aromatic heterocycles. The second kappa shape index (κ2) is 6.16. The fourth-order valence-electron chi connectivity index (χ4n) is 2.64. The van der Waals surface area contributed by atoms with E-state index in [-0.39, 0.29) is 24.5 Å². The first-order chi connectivity index (χ1) is 11.0. The van der Waals surface area contributed by atoms with Crippen molar-refractivity contribution in [1.82, 2.24) is 15.3 Å². The smallest absolute Gasteiger partial charge is 0.408 e. The van der Waals surface area contributed by atoms with Crippen LogP contribution in [-0.4, -0.2) is 62.9 Å². The molecule has 2 aliphatic rings. The van der Waals surface area contributed by atoms with Crippen LogP contribution in [0.3, 0.4) is 0 Å². The summed E-state index contributed by atoms with van der Waals surface area (Å²) in [6, 6.07) is -0.887. The number of alkyl carbamates (subject to hydrolysis) is 1. The Kier molecular flexibility index (Phi) is 4.57. The van der Waals surface area contributed by atoms with Gasteiger partial charge in [0, 0.05) is 6.54 Å². The Morgan fingerprint density at radius 1 is 1.46 bits per heavy atom. The molecule has 9 nitrogen and oxygen atoms in total. The lowest BCUT2D eigenvalue weighted by molar-refractivity contribution is -0.141. The third-order valence-electron chi connectivity index (χ3n) is 3.53. The Balaban J connectivity index is 2.15. The molecule has 0 radical (unpaired) electrons. The highest BCUT2D eigenvalue weighted by molar-refractivity contribution is 5.90. The van der Waals surface area contributed by atoms with Crippen LogP contribution in [-0.2, 0) is 14.3 Å². The Hall–Kier alpha value is -2.55. The summed E-state index contributed by atoms with van der Waals surface area (Å²) in [5.74, 6) is -3.19. The molecule has 132 valence electrons. The summed E-state index contributed by atoms with van der Waals surface area (Å²) in [4.78, 5) is 35.7. The molecule has 0 aromatic carbocycles. The molecule has 0 spiro atoms. The van der Waals surface area contributed by atoms with Gasteiger partial charge in [0.05, 0.1) is 12.2 Å². The van der Waals surface area contributed by atoms with Gasteiger partial charge in [-0.05, 0) is 20.8 Å². The number of aliphatic carboxylic acids is 1. The molecule has 2 rings (SSSR count). The van der Waals surface area contributed by atoms with Gasteiger partial charge in [0.25, 0.3) is 5.91 Å². The number of hydrogen-bond donors (Lipinski definition) is 3. The molecule has 9 heteroatoms. The number of hydrazine groups is 1. The van der Waals surface area contributed by atoms with E-state index in [1.54, 1.807) is 20.8 Å². The molecule has 0 aliphatic carbocycles. The number of amides is 2. The van der Waals surface area contributed by atoms with E-state index in [1.165, 1.54) is 5.01 Å². The number of nitrogens with one attached hydrogen (secondary N) is 1. The van der Waals surface area contributed by atoms with Crippen molar-refractivity contribution in [2.45, 2.75) is 32.4 Å². The number of carboxylic acids is 1. The quantitative estimate of drug-likeness (QED) is 0.642. The third kappa shape index (κ3) is 3.35. The van der Waals surface area contributed by atoms with Gasteiger partial charge in [0.1, 0.15) is 23.3 Å². The normalized spacial score (nSPS) is 22.4. The largest absolute Gasteiger partial charge is 0.509 e. The molecular weight excluding hydrogens is 318 g/mol. The highest BCUT2D eigenvalue weighted by atomic mass is 16.6. The van der Waals surface area contributed by atoms with E-state index in [4.69, 9.17) is 4.74 Å². The van der Waals surface area contributed by atoms with Crippen molar-refractivity contribution in [3.8, 4) is 0 Å². The summed E-state index contributed by atoms with van der Waals surface area (Å²) in [7, 11) is 0. The topological polar surface area (TPSA) is 119 Å². The van der Waals surface area contributed by atoms with Crippen LogP contribution in [0.4, 0.5) is 4.79 Å². The minimum Gasteiger partial charge on any atom is -0.509 e. The van der Waals surface area contributed by atoms with Crippen LogP contribution in [0, 0.1) is 5.92 Å². The summed E-state index contributed by atoms with van der Waals surface area (Å²) in [5, 5.41) is 24.3. The maximum absolute atomic E-state index is 12.5. The van der Waals surface area contributed by atoms with Gasteiger partial charge in [0.15, 0.2) is 0 Å². The molecule has 1 unspecified atom stereocenters. The van der Waals surface area contributed by atoms with Crippen LogP contribution in [0.1, 0.15) is 20.8 Å². The van der Waals surface area contributed by atoms with E-state index < -0.39 is 35.5 Å². The average molecular weight is 339 g/mol. The van der Waals surface area contributed by atoms with Crippen LogP contribution < -0.4 is 5.32 Å². The molecule has 2 aliphatic heterocycles. The molecule has 2 amide bonds. The molecule has 0 aromatic rings. The van der Waals surface area contributed by atoms with E-state index in [0.717, 1.165) is 11.1 Å². The third-order valence-corrected chi connectivity index (χ3v) is 3.53. The van der Waals surface area contributed by atoms with Crippen LogP contribution in [0.2, 0.25) is 0 Å². The van der Waals surface area contributed by atoms with Crippen LogP contribution in [0.15, 0.2) is 24.1 Å². The first-order valence-corrected chi connectivity index (χ1v) is 7.41. The summed E-state index contributed by atoms with van der Waals surface area (Å²) in [6.07, 6.45) is 0.399. The first kappa shape index (κ1) is 17.8. The summed E-state index contributed by atoms with van der Waals surface area (Å²) < 4.78 is 5.11. The molecular formula is C15H21N3O6. The molecule has 1 saturated heterocycles. The zero-order valence-electron chi connectivity index (χ0n) is 13.8. The highest BCUT2D eigenvalue weighted by Crippen LogP contribution is 2.33. The average Bonchev–Trinajstić information content (AvgIpc) is 2.86. The van der Waals surface area contributed by atoms with Crippen molar-refractivity contribution in [3.63, 3.8) is 0 Å². The van der Waals surface area contributed by atoms with Gasteiger partial charge < -0.3 is 20.3 Å². The monoisotopic (exact) mass is 339 g/mol. The Labute approximate surface area is 139 Å². The van der Waals surface area contributed by atoms with Gasteiger partial charge in [-0.25, -0.2) is 14.8 Å². The number of carbonyl (C=O) groups is 3. The van der Waals surface area contributed by atoms with Gasteiger partial charge in [-0.2, -0.15) is 0 Å². The SMILES string of the molecule is C=CC(C(=O)O)C1=C(O)CN2C[C@H](NC(=O)OC(C)(C)C)C(=O)N12. The number of carboxylic acid groups (broad SMARTS) is 1. The van der Waals surface area contributed by atoms with Crippen LogP contribution >= 0.6 is 0 Å². The number of aliphatic hydroxyl groups is 1. The lowest BCUT2D eigenvalue weighted by atomic mass is 10.0. The molecule has 2 atom stereocenters. The van der Waals surface area contributed by atoms with E-state index in [1.807, 2.05) is 0 Å². The van der Waals surface area contributed by atoms with E-state index in [2.05, 4.69) is 11.9 Å². The summed E-state index contributed by atoms with van der Waals surface area (Å²) in [6.45, 7) is 8.63. The van der Waals surface area contributed by atoms with Gasteiger partial charge >= 0.3 is 12.1 Å². The number of nitrogens with zero attached hydrogens (tertiary/aromatic N) is 2. The van der Waals surface area contributed by atoms with Crippen LogP contribution in [0.5, 0.6) is 0 Å². The number of aliphatic hydroxyl groups excluding tert-OH is 1. The second-order valence-corrected chi connectivity index (χ2v) is 6.58. The van der Waals surface area contributed by atoms with Gasteiger partial charge in [-0.15, -0.1) is 6.58 Å². The van der Waals surface area contributed by atoms with Crippen molar-refractivity contribution < 1.29 is 29.3 Å². The fraction of sp³-hybridized carbons (Fsp3) is 0.533. The van der Waals surface area contributed by atoms with Crippen LogP contribution in [0.25, 0.3) is 0 Å². The predicted molar refractivity (Wildman–Crippen MR) is 82.6 cm³/mol. The molecule has 0 bridgehead atoms. The Bertz CT molecular complexity index is 621. The fourth-order valence-corrected chi connectivity index (χ4v) is 2.64. The Morgan fingerprint density at radius 2 is 2.08 bits per heavy atom. The van der Waals surface area contributed by atoms with Crippen molar-refractivity contribution in [3.05, 3.63) is 24.1 Å². The minimum atomic E-state index is -1.23. The van der Waals surface area contributed by atoms with Gasteiger partial charge in [-0.3, -0.25) is 9.59 Å². The van der Waals surface area contributed by atoms with Crippen molar-refractivity contribution in [2.24, 2.45) is 5.92 Å². The minimum absolute atomic E-state index is 0.00874. The predicted octanol–water partition coefficient (Wildman–Crippen LogP) is 0.609. The van der Waals surface area contributed by atoms with Gasteiger partial charge in [0.2, 0.25) is 0 Å². The summed E-state index contributed by atoms with van der Waals surface area (Å²) >= 11 is 0. The number of rotatable bonds is 4. The number of ether oxygens (including phenoxy) is 1. The highest BCUT2D eigenvalue weighted by Gasteiger charge is 2.48. The first-order valence-electron chi connectivity index (χ1n) is 7.41. The lowest BCUT2D eigenvalue weighted by Crippen LogP contribution is -2.45. The van der Waals surface area contributed by atoms with Crippen molar-refractivity contribution in [1.29, 1.82) is 0 Å². The van der Waals surface area contributed by atoms with Gasteiger partial charge in [-0.1, -0.05) is 6.08 Å². The van der Waals surface area contributed by atoms with E-state index in [9.17, 15) is 24.6 Å². The molecule has 3 N–H and O–H groups in total. The Morgan fingerprint density at radius 3 is 2.58 bits per heavy atom. The molecule has 2 heterocycles. The second-order valence-electron chi connectivity index (χ2n) is 6.58. The van der Waals surface area contributed by atoms with E-state index in [0.29, 0.717) is 0 Å². The summed E-state index contributed by atoms with van der Waals surface area (Å²) in [5.41, 5.74) is -0.751. The number of carbonyl (C=O) groups excluding carboxylic acids is 2. The zero-order chi connectivity index (χ0) is 18.2. The molecule has 24 heavy (non-hydrogen) atoms. The van der Waals surface area contributed by atoms with Crippen molar-refractivity contribution >= 4 is 18.0 Å². The molecule has 1 fully saturated rings. The van der Waals surface area contributed by atoms with E-state index >= 15 is 0 Å². The standard InChI is InChI=1S/C15H21N3O6/c1-5-8(13(21)22)11-10(19)7-17-6-9(12(20)18(11)17)16-14(23)24-15(2,3)4/h5,8-9,19H,1,6-7H2,2-4H3,(H,16,23)(H,21,22)/t8?,9-/m0/s1. The zero-order valence-corrected chi connectivity index (χ0v) is 13.8. The van der Waals surface area contributed by atoms with Crippen molar-refractivity contribution in [2.75, 3.05) is 13.1 Å². The number of fused-ring (bicyclic) bond motifs is 1. The lowest BCUT2D eigenvalue weighted by Gasteiger charge is -2.23.